The number of rotatable bonds is 0. The Labute approximate surface area is 76.2 Å². The fourth-order valence-electron chi connectivity index (χ4n) is 1.30. The van der Waals surface area contributed by atoms with E-state index in [0.717, 1.165) is 11.3 Å². The molecule has 1 aromatic carbocycles. The third kappa shape index (κ3) is 1.29. The molecule has 1 aromatic rings. The van der Waals surface area contributed by atoms with Crippen molar-refractivity contribution in [2.75, 3.05) is 5.32 Å². The average molecular weight is 182 g/mol. The predicted molar refractivity (Wildman–Crippen MR) is 50.9 cm³/mol. The number of nitrogens with one attached hydrogen (secondary N) is 2. The van der Waals surface area contributed by atoms with Gasteiger partial charge < -0.3 is 10.4 Å². The van der Waals surface area contributed by atoms with E-state index in [0.29, 0.717) is 0 Å². The lowest BCUT2D eigenvalue weighted by molar-refractivity contribution is 0.135. The van der Waals surface area contributed by atoms with E-state index in [9.17, 15) is 5.11 Å². The molecule has 0 fully saturated rings. The summed E-state index contributed by atoms with van der Waals surface area (Å²) in [5.74, 6) is 0. The molecule has 12 heavy (non-hydrogen) atoms. The Kier molecular flexibility index (Phi) is 1.96. The minimum Gasteiger partial charge on any atom is -0.374 e. The van der Waals surface area contributed by atoms with Crippen LogP contribution < -0.4 is 10.6 Å². The molecule has 0 saturated carbocycles. The predicted octanol–water partition coefficient (Wildman–Crippen LogP) is 0.906. The van der Waals surface area contributed by atoms with Crippen LogP contribution in [0.3, 0.4) is 0 Å². The molecular formula is C8H10N2OS. The van der Waals surface area contributed by atoms with Crippen molar-refractivity contribution in [3.63, 3.8) is 0 Å². The maximum absolute atomic E-state index is 9.53. The van der Waals surface area contributed by atoms with Crippen LogP contribution in [0.25, 0.3) is 0 Å². The molecule has 0 radical (unpaired) electrons. The van der Waals surface area contributed by atoms with Crippen molar-refractivity contribution in [1.82, 2.24) is 5.32 Å². The van der Waals surface area contributed by atoms with Crippen molar-refractivity contribution < 1.29 is 5.11 Å². The van der Waals surface area contributed by atoms with Crippen LogP contribution in [-0.4, -0.2) is 10.6 Å². The molecule has 1 heterocycles. The molecule has 0 amide bonds. The number of benzene rings is 1. The highest BCUT2D eigenvalue weighted by atomic mass is 32.1. The van der Waals surface area contributed by atoms with Gasteiger partial charge in [0.2, 0.25) is 0 Å². The molecule has 0 bridgehead atoms. The maximum atomic E-state index is 9.53. The van der Waals surface area contributed by atoms with Crippen LogP contribution in [0, 0.1) is 0 Å². The van der Waals surface area contributed by atoms with Gasteiger partial charge in [0, 0.05) is 11.3 Å². The fourth-order valence-corrected chi connectivity index (χ4v) is 1.58. The summed E-state index contributed by atoms with van der Waals surface area (Å²) < 4.78 is 0. The SMILES string of the molecule is OC1NC(S)Nc2ccccc21. The quantitative estimate of drug-likeness (QED) is 0.451. The van der Waals surface area contributed by atoms with Gasteiger partial charge in [0.25, 0.3) is 0 Å². The van der Waals surface area contributed by atoms with E-state index in [1.54, 1.807) is 0 Å². The van der Waals surface area contributed by atoms with Gasteiger partial charge in [-0.2, -0.15) is 0 Å². The topological polar surface area (TPSA) is 44.3 Å². The molecule has 3 N–H and O–H groups in total. The highest BCUT2D eigenvalue weighted by Crippen LogP contribution is 2.26. The lowest BCUT2D eigenvalue weighted by Crippen LogP contribution is -2.39. The number of hydrogen-bond donors (Lipinski definition) is 4. The number of aliphatic hydroxyl groups excluding tert-OH is 1. The van der Waals surface area contributed by atoms with Gasteiger partial charge >= 0.3 is 0 Å². The molecule has 0 aliphatic carbocycles. The van der Waals surface area contributed by atoms with E-state index >= 15 is 0 Å². The zero-order valence-corrected chi connectivity index (χ0v) is 7.25. The molecule has 4 heteroatoms. The van der Waals surface area contributed by atoms with Crippen LogP contribution in [-0.2, 0) is 0 Å². The first kappa shape index (κ1) is 7.91. The molecule has 2 rings (SSSR count). The van der Waals surface area contributed by atoms with Gasteiger partial charge in [-0.3, -0.25) is 5.32 Å². The zero-order chi connectivity index (χ0) is 8.55. The molecule has 64 valence electrons. The molecule has 0 aromatic heterocycles. The van der Waals surface area contributed by atoms with Crippen LogP contribution in [0.15, 0.2) is 24.3 Å². The van der Waals surface area contributed by atoms with Gasteiger partial charge in [0.1, 0.15) is 11.7 Å². The van der Waals surface area contributed by atoms with Crippen LogP contribution in [0.4, 0.5) is 5.69 Å². The highest BCUT2D eigenvalue weighted by Gasteiger charge is 2.20. The number of anilines is 1. The van der Waals surface area contributed by atoms with E-state index in [2.05, 4.69) is 23.3 Å². The number of thiol groups is 1. The van der Waals surface area contributed by atoms with Gasteiger partial charge in [0.15, 0.2) is 0 Å². The molecule has 0 spiro atoms. The minimum atomic E-state index is -0.620. The van der Waals surface area contributed by atoms with E-state index in [1.165, 1.54) is 0 Å². The van der Waals surface area contributed by atoms with Gasteiger partial charge in [-0.05, 0) is 6.07 Å². The van der Waals surface area contributed by atoms with Crippen LogP contribution >= 0.6 is 12.6 Å². The van der Waals surface area contributed by atoms with Crippen molar-refractivity contribution >= 4 is 18.3 Å². The minimum absolute atomic E-state index is 0.185. The van der Waals surface area contributed by atoms with Crippen molar-refractivity contribution in [3.05, 3.63) is 29.8 Å². The zero-order valence-electron chi connectivity index (χ0n) is 6.36. The van der Waals surface area contributed by atoms with Gasteiger partial charge in [-0.1, -0.05) is 18.2 Å². The van der Waals surface area contributed by atoms with Crippen molar-refractivity contribution in [2.45, 2.75) is 11.7 Å². The first-order valence-corrected chi connectivity index (χ1v) is 4.26. The highest BCUT2D eigenvalue weighted by molar-refractivity contribution is 7.81. The van der Waals surface area contributed by atoms with E-state index in [4.69, 9.17) is 0 Å². The molecule has 0 saturated heterocycles. The Hall–Kier alpha value is -0.710. The summed E-state index contributed by atoms with van der Waals surface area (Å²) in [6.07, 6.45) is -0.620. The van der Waals surface area contributed by atoms with Gasteiger partial charge in [-0.15, -0.1) is 12.6 Å². The average Bonchev–Trinajstić information content (AvgIpc) is 2.04. The lowest BCUT2D eigenvalue weighted by Gasteiger charge is -2.28. The number of para-hydroxylation sites is 1. The monoisotopic (exact) mass is 182 g/mol. The molecule has 2 unspecified atom stereocenters. The third-order valence-corrected chi connectivity index (χ3v) is 2.14. The molecule has 3 nitrogen and oxygen atoms in total. The Morgan fingerprint density at radius 2 is 2.08 bits per heavy atom. The second-order valence-electron chi connectivity index (χ2n) is 2.70. The Bertz CT molecular complexity index is 292. The molecule has 2 atom stereocenters. The summed E-state index contributed by atoms with van der Waals surface area (Å²) in [5, 5.41) is 15.5. The van der Waals surface area contributed by atoms with Crippen LogP contribution in [0.5, 0.6) is 0 Å². The first-order valence-electron chi connectivity index (χ1n) is 3.75. The van der Waals surface area contributed by atoms with E-state index in [-0.39, 0.29) is 5.50 Å². The number of aliphatic hydroxyl groups is 1. The van der Waals surface area contributed by atoms with Crippen molar-refractivity contribution in [1.29, 1.82) is 0 Å². The smallest absolute Gasteiger partial charge is 0.135 e. The lowest BCUT2D eigenvalue weighted by atomic mass is 10.1. The standard InChI is InChI=1S/C8H10N2OS/c11-7-5-3-1-2-4-6(5)9-8(12)10-7/h1-4,7-12H. The van der Waals surface area contributed by atoms with Crippen molar-refractivity contribution in [3.8, 4) is 0 Å². The Morgan fingerprint density at radius 3 is 2.92 bits per heavy atom. The summed E-state index contributed by atoms with van der Waals surface area (Å²) in [6.45, 7) is 0. The van der Waals surface area contributed by atoms with E-state index < -0.39 is 6.23 Å². The van der Waals surface area contributed by atoms with Crippen molar-refractivity contribution in [2.24, 2.45) is 0 Å². The Morgan fingerprint density at radius 1 is 1.33 bits per heavy atom. The maximum Gasteiger partial charge on any atom is 0.135 e. The summed E-state index contributed by atoms with van der Waals surface area (Å²) >= 11 is 4.16. The third-order valence-electron chi connectivity index (χ3n) is 1.86. The van der Waals surface area contributed by atoms with Crippen LogP contribution in [0.1, 0.15) is 11.8 Å². The Balaban J connectivity index is 2.40. The normalized spacial score (nSPS) is 27.5. The molecule has 1 aliphatic heterocycles. The molecular weight excluding hydrogens is 172 g/mol. The van der Waals surface area contributed by atoms with Crippen LogP contribution in [0.2, 0.25) is 0 Å². The number of fused-ring (bicyclic) bond motifs is 1. The second-order valence-corrected chi connectivity index (χ2v) is 3.22. The van der Waals surface area contributed by atoms with Gasteiger partial charge in [-0.25, -0.2) is 0 Å². The summed E-state index contributed by atoms with van der Waals surface area (Å²) in [6, 6.07) is 7.61. The molecule has 1 aliphatic rings. The summed E-state index contributed by atoms with van der Waals surface area (Å²) in [4.78, 5) is 0. The van der Waals surface area contributed by atoms with Gasteiger partial charge in [0.05, 0.1) is 0 Å². The largest absolute Gasteiger partial charge is 0.374 e. The summed E-state index contributed by atoms with van der Waals surface area (Å²) in [7, 11) is 0. The number of hydrogen-bond acceptors (Lipinski definition) is 4. The second kappa shape index (κ2) is 2.97. The van der Waals surface area contributed by atoms with E-state index in [1.807, 2.05) is 24.3 Å². The summed E-state index contributed by atoms with van der Waals surface area (Å²) in [5.41, 5.74) is 1.61. The first-order chi connectivity index (χ1) is 5.77. The fraction of sp³-hybridized carbons (Fsp3) is 0.250.